The Hall–Kier alpha value is -2.77. The van der Waals surface area contributed by atoms with Crippen LogP contribution >= 0.6 is 34.3 Å². The lowest BCUT2D eigenvalue weighted by atomic mass is 10.00. The average Bonchev–Trinajstić information content (AvgIpc) is 3.44. The lowest BCUT2D eigenvalue weighted by molar-refractivity contribution is -0.141. The van der Waals surface area contributed by atoms with Crippen LogP contribution in [0.1, 0.15) is 38.7 Å². The summed E-state index contributed by atoms with van der Waals surface area (Å²) in [6.07, 6.45) is -4.10. The summed E-state index contributed by atoms with van der Waals surface area (Å²) in [6.45, 7) is 3.73. The van der Waals surface area contributed by atoms with Gasteiger partial charge < -0.3 is 9.64 Å². The minimum atomic E-state index is -4.63. The standard InChI is InChI=1S/C20H16ClF3N6O2S2/c1-9-17(33-8-25-9)16-15-11(26-19-30(15)28-10(2)34-19)5-6-29(16)14(31)7-32-12-3-4-13(20(22,23)24)27-18(12)21/h3-4,8,16H,5-7H2,1-2H3. The van der Waals surface area contributed by atoms with Crippen LogP contribution < -0.4 is 4.74 Å². The third-order valence-electron chi connectivity index (χ3n) is 5.38. The molecule has 0 N–H and O–H groups in total. The van der Waals surface area contributed by atoms with Crippen LogP contribution in [0.3, 0.4) is 0 Å². The summed E-state index contributed by atoms with van der Waals surface area (Å²) in [7, 11) is 0. The van der Waals surface area contributed by atoms with Crippen molar-refractivity contribution in [3.63, 3.8) is 0 Å². The highest BCUT2D eigenvalue weighted by Crippen LogP contribution is 2.39. The second-order valence-electron chi connectivity index (χ2n) is 7.57. The number of halogens is 4. The Balaban J connectivity index is 1.44. The van der Waals surface area contributed by atoms with Gasteiger partial charge in [0.25, 0.3) is 5.91 Å². The number of imidazole rings is 1. The maximum Gasteiger partial charge on any atom is 0.433 e. The predicted octanol–water partition coefficient (Wildman–Crippen LogP) is 4.48. The summed E-state index contributed by atoms with van der Waals surface area (Å²) in [5.41, 5.74) is 3.05. The van der Waals surface area contributed by atoms with Gasteiger partial charge >= 0.3 is 6.18 Å². The zero-order chi connectivity index (χ0) is 24.2. The Morgan fingerprint density at radius 3 is 2.76 bits per heavy atom. The van der Waals surface area contributed by atoms with Crippen LogP contribution in [0.15, 0.2) is 17.6 Å². The van der Waals surface area contributed by atoms with Crippen LogP contribution in [0, 0.1) is 13.8 Å². The van der Waals surface area contributed by atoms with Crippen LogP contribution in [0.5, 0.6) is 5.75 Å². The molecule has 0 aliphatic carbocycles. The highest BCUT2D eigenvalue weighted by Gasteiger charge is 2.39. The van der Waals surface area contributed by atoms with E-state index in [0.29, 0.717) is 13.0 Å². The molecule has 1 aliphatic heterocycles. The van der Waals surface area contributed by atoms with E-state index in [9.17, 15) is 18.0 Å². The van der Waals surface area contributed by atoms with E-state index in [4.69, 9.17) is 21.3 Å². The number of carbonyl (C=O) groups is 1. The van der Waals surface area contributed by atoms with Crippen molar-refractivity contribution >= 4 is 45.1 Å². The van der Waals surface area contributed by atoms with E-state index < -0.39 is 29.7 Å². The molecule has 1 atom stereocenters. The fourth-order valence-corrected chi connectivity index (χ4v) is 5.77. The van der Waals surface area contributed by atoms with Crippen LogP contribution in [-0.4, -0.2) is 48.5 Å². The van der Waals surface area contributed by atoms with Gasteiger partial charge in [-0.2, -0.15) is 18.3 Å². The Morgan fingerprint density at radius 2 is 2.09 bits per heavy atom. The van der Waals surface area contributed by atoms with Crippen molar-refractivity contribution in [1.29, 1.82) is 0 Å². The molecule has 0 saturated carbocycles. The number of aryl methyl sites for hydroxylation is 2. The molecule has 1 unspecified atom stereocenters. The molecule has 4 aromatic heterocycles. The molecular formula is C20H16ClF3N6O2S2. The summed E-state index contributed by atoms with van der Waals surface area (Å²) < 4.78 is 45.8. The van der Waals surface area contributed by atoms with E-state index in [2.05, 4.69) is 15.1 Å². The molecule has 0 saturated heterocycles. The predicted molar refractivity (Wildman–Crippen MR) is 119 cm³/mol. The minimum absolute atomic E-state index is 0.104. The van der Waals surface area contributed by atoms with Gasteiger partial charge in [0.15, 0.2) is 17.5 Å². The number of amides is 1. The van der Waals surface area contributed by atoms with Gasteiger partial charge in [0, 0.05) is 13.0 Å². The Labute approximate surface area is 204 Å². The van der Waals surface area contributed by atoms with Crippen LogP contribution in [0.2, 0.25) is 5.15 Å². The van der Waals surface area contributed by atoms with Gasteiger partial charge in [-0.3, -0.25) is 4.79 Å². The van der Waals surface area contributed by atoms with E-state index in [0.717, 1.165) is 44.1 Å². The van der Waals surface area contributed by atoms with Crippen LogP contribution in [-0.2, 0) is 17.4 Å². The first kappa shape index (κ1) is 23.0. The molecule has 0 spiro atoms. The maximum absolute atomic E-state index is 13.3. The van der Waals surface area contributed by atoms with Crippen molar-refractivity contribution < 1.29 is 22.7 Å². The Bertz CT molecular complexity index is 1400. The minimum Gasteiger partial charge on any atom is -0.481 e. The number of carbonyl (C=O) groups excluding carboxylic acids is 1. The number of rotatable bonds is 4. The molecule has 4 aromatic rings. The number of fused-ring (bicyclic) bond motifs is 3. The van der Waals surface area contributed by atoms with Gasteiger partial charge in [0.2, 0.25) is 4.96 Å². The maximum atomic E-state index is 13.3. The number of hydrogen-bond acceptors (Lipinski definition) is 8. The topological polar surface area (TPSA) is 85.5 Å². The molecule has 8 nitrogen and oxygen atoms in total. The number of ether oxygens (including phenoxy) is 1. The number of hydrogen-bond donors (Lipinski definition) is 0. The SMILES string of the molecule is Cc1nn2c3c(nc2s1)CCN(C(=O)COc1ccc(C(F)(F)F)nc1Cl)C3c1scnc1C. The zero-order valence-corrected chi connectivity index (χ0v) is 20.1. The van der Waals surface area contributed by atoms with E-state index in [-0.39, 0.29) is 11.7 Å². The largest absolute Gasteiger partial charge is 0.481 e. The summed E-state index contributed by atoms with van der Waals surface area (Å²) in [6, 6.07) is 1.35. The summed E-state index contributed by atoms with van der Waals surface area (Å²) in [4.78, 5) is 29.0. The van der Waals surface area contributed by atoms with Crippen molar-refractivity contribution in [2.75, 3.05) is 13.2 Å². The van der Waals surface area contributed by atoms with Crippen LogP contribution in [0.4, 0.5) is 13.2 Å². The number of aromatic nitrogens is 5. The highest BCUT2D eigenvalue weighted by molar-refractivity contribution is 7.16. The molecule has 0 radical (unpaired) electrons. The zero-order valence-electron chi connectivity index (χ0n) is 17.8. The number of pyridine rings is 1. The third kappa shape index (κ3) is 4.01. The first-order valence-corrected chi connectivity index (χ1v) is 12.1. The summed E-state index contributed by atoms with van der Waals surface area (Å²) in [5, 5.41) is 4.96. The molecule has 5 rings (SSSR count). The molecular weight excluding hydrogens is 513 g/mol. The second kappa shape index (κ2) is 8.47. The van der Waals surface area contributed by atoms with E-state index in [1.54, 1.807) is 14.9 Å². The lowest BCUT2D eigenvalue weighted by Gasteiger charge is -2.34. The summed E-state index contributed by atoms with van der Waals surface area (Å²) >= 11 is 8.77. The van der Waals surface area contributed by atoms with E-state index >= 15 is 0 Å². The van der Waals surface area contributed by atoms with Crippen molar-refractivity contribution in [3.05, 3.63) is 55.5 Å². The molecule has 14 heteroatoms. The fourth-order valence-electron chi connectivity index (χ4n) is 3.88. The first-order chi connectivity index (χ1) is 16.1. The second-order valence-corrected chi connectivity index (χ2v) is 9.98. The number of thiazole rings is 1. The van der Waals surface area contributed by atoms with Crippen molar-refractivity contribution in [2.45, 2.75) is 32.5 Å². The van der Waals surface area contributed by atoms with Gasteiger partial charge in [0.1, 0.15) is 16.7 Å². The number of alkyl halides is 3. The van der Waals surface area contributed by atoms with Gasteiger partial charge in [-0.15, -0.1) is 11.3 Å². The number of nitrogens with zero attached hydrogens (tertiary/aromatic N) is 6. The van der Waals surface area contributed by atoms with Gasteiger partial charge in [-0.1, -0.05) is 22.9 Å². The van der Waals surface area contributed by atoms with Crippen molar-refractivity contribution in [1.82, 2.24) is 29.5 Å². The normalized spacial score (nSPS) is 16.2. The molecule has 1 aliphatic rings. The van der Waals surface area contributed by atoms with Gasteiger partial charge in [-0.25, -0.2) is 19.5 Å². The Morgan fingerprint density at radius 1 is 1.29 bits per heavy atom. The van der Waals surface area contributed by atoms with Gasteiger partial charge in [0.05, 0.1) is 27.5 Å². The Kier molecular flexibility index (Phi) is 5.73. The molecule has 0 bridgehead atoms. The molecule has 0 aromatic carbocycles. The molecule has 5 heterocycles. The molecule has 1 amide bonds. The van der Waals surface area contributed by atoms with Gasteiger partial charge in [-0.05, 0) is 26.0 Å². The quantitative estimate of drug-likeness (QED) is 0.363. The monoisotopic (exact) mass is 528 g/mol. The smallest absolute Gasteiger partial charge is 0.433 e. The van der Waals surface area contributed by atoms with E-state index in [1.807, 2.05) is 13.8 Å². The average molecular weight is 529 g/mol. The first-order valence-electron chi connectivity index (χ1n) is 10.0. The molecule has 178 valence electrons. The van der Waals surface area contributed by atoms with Crippen molar-refractivity contribution in [3.8, 4) is 5.75 Å². The third-order valence-corrected chi connectivity index (χ3v) is 7.46. The molecule has 34 heavy (non-hydrogen) atoms. The molecule has 0 fully saturated rings. The van der Waals surface area contributed by atoms with Crippen LogP contribution in [0.25, 0.3) is 4.96 Å². The fraction of sp³-hybridized carbons (Fsp3) is 0.350. The summed E-state index contributed by atoms with van der Waals surface area (Å²) in [5.74, 6) is -0.463. The lowest BCUT2D eigenvalue weighted by Crippen LogP contribution is -2.43. The van der Waals surface area contributed by atoms with Crippen molar-refractivity contribution in [2.24, 2.45) is 0 Å². The van der Waals surface area contributed by atoms with E-state index in [1.165, 1.54) is 22.7 Å². The highest BCUT2D eigenvalue weighted by atomic mass is 35.5.